The third kappa shape index (κ3) is 4.52. The molecule has 0 saturated carbocycles. The highest BCUT2D eigenvalue weighted by Crippen LogP contribution is 2.18. The van der Waals surface area contributed by atoms with Gasteiger partial charge < -0.3 is 10.2 Å². The molecule has 0 aromatic heterocycles. The van der Waals surface area contributed by atoms with Gasteiger partial charge >= 0.3 is 5.97 Å². The van der Waals surface area contributed by atoms with Crippen molar-refractivity contribution in [3.05, 3.63) is 0 Å². The Morgan fingerprint density at radius 3 is 2.61 bits per heavy atom. The number of piperidine rings is 1. The van der Waals surface area contributed by atoms with E-state index in [-0.39, 0.29) is 13.1 Å². The minimum Gasteiger partial charge on any atom is -0.481 e. The lowest BCUT2D eigenvalue weighted by Crippen LogP contribution is -2.50. The van der Waals surface area contributed by atoms with E-state index in [0.717, 1.165) is 4.31 Å². The molecule has 0 spiro atoms. The van der Waals surface area contributed by atoms with Crippen LogP contribution in [0.4, 0.5) is 0 Å². The van der Waals surface area contributed by atoms with E-state index in [1.54, 1.807) is 0 Å². The summed E-state index contributed by atoms with van der Waals surface area (Å²) < 4.78 is 27.2. The highest BCUT2D eigenvalue weighted by atomic mass is 32.2. The SMILES string of the molecule is CC(C)(O)CNS(=O)(=O)N1CCCC(C(=O)O)C1. The lowest BCUT2D eigenvalue weighted by molar-refractivity contribution is -0.142. The Morgan fingerprint density at radius 1 is 1.50 bits per heavy atom. The van der Waals surface area contributed by atoms with Crippen molar-refractivity contribution in [2.24, 2.45) is 5.92 Å². The summed E-state index contributed by atoms with van der Waals surface area (Å²) in [6, 6.07) is 0. The number of nitrogens with one attached hydrogen (secondary N) is 1. The molecule has 1 aliphatic heterocycles. The Hall–Kier alpha value is -0.700. The highest BCUT2D eigenvalue weighted by Gasteiger charge is 2.32. The van der Waals surface area contributed by atoms with Gasteiger partial charge in [0.1, 0.15) is 0 Å². The largest absolute Gasteiger partial charge is 0.481 e. The van der Waals surface area contributed by atoms with E-state index in [1.165, 1.54) is 13.8 Å². The van der Waals surface area contributed by atoms with Crippen LogP contribution in [0.1, 0.15) is 26.7 Å². The number of aliphatic hydroxyl groups is 1. The van der Waals surface area contributed by atoms with E-state index in [1.807, 2.05) is 0 Å². The fraction of sp³-hybridized carbons (Fsp3) is 0.900. The first-order valence-electron chi connectivity index (χ1n) is 5.82. The third-order valence-electron chi connectivity index (χ3n) is 2.76. The van der Waals surface area contributed by atoms with Gasteiger partial charge in [0.2, 0.25) is 0 Å². The Kier molecular flexibility index (Phi) is 4.71. The molecular weight excluding hydrogens is 260 g/mol. The zero-order chi connectivity index (χ0) is 14.0. The smallest absolute Gasteiger partial charge is 0.307 e. The second-order valence-electron chi connectivity index (χ2n) is 5.17. The van der Waals surface area contributed by atoms with Crippen molar-refractivity contribution in [3.63, 3.8) is 0 Å². The van der Waals surface area contributed by atoms with Gasteiger partial charge in [0, 0.05) is 19.6 Å². The fourth-order valence-electron chi connectivity index (χ4n) is 1.72. The molecule has 0 aliphatic carbocycles. The second-order valence-corrected chi connectivity index (χ2v) is 6.93. The minimum atomic E-state index is -3.72. The average molecular weight is 280 g/mol. The summed E-state index contributed by atoms with van der Waals surface area (Å²) in [5, 5.41) is 18.4. The normalized spacial score (nSPS) is 22.9. The predicted octanol–water partition coefficient (Wildman–Crippen LogP) is -0.612. The maximum absolute atomic E-state index is 11.9. The molecule has 1 fully saturated rings. The van der Waals surface area contributed by atoms with E-state index in [9.17, 15) is 18.3 Å². The van der Waals surface area contributed by atoms with Gasteiger partial charge in [0.15, 0.2) is 0 Å². The maximum Gasteiger partial charge on any atom is 0.307 e. The van der Waals surface area contributed by atoms with E-state index < -0.39 is 27.7 Å². The highest BCUT2D eigenvalue weighted by molar-refractivity contribution is 7.87. The second kappa shape index (κ2) is 5.52. The number of aliphatic carboxylic acids is 1. The summed E-state index contributed by atoms with van der Waals surface area (Å²) >= 11 is 0. The van der Waals surface area contributed by atoms with Crippen LogP contribution in [0.2, 0.25) is 0 Å². The van der Waals surface area contributed by atoms with E-state index in [2.05, 4.69) is 4.72 Å². The molecule has 7 nitrogen and oxygen atoms in total. The predicted molar refractivity (Wildman–Crippen MR) is 65.2 cm³/mol. The van der Waals surface area contributed by atoms with Crippen LogP contribution in [-0.4, -0.2) is 54.1 Å². The van der Waals surface area contributed by atoms with Crippen LogP contribution in [0.25, 0.3) is 0 Å². The number of rotatable bonds is 5. The first kappa shape index (κ1) is 15.4. The lowest BCUT2D eigenvalue weighted by atomic mass is 10.0. The molecule has 1 saturated heterocycles. The topological polar surface area (TPSA) is 107 Å². The van der Waals surface area contributed by atoms with Gasteiger partial charge in [-0.2, -0.15) is 17.4 Å². The third-order valence-corrected chi connectivity index (χ3v) is 4.28. The van der Waals surface area contributed by atoms with Gasteiger partial charge in [-0.25, -0.2) is 0 Å². The van der Waals surface area contributed by atoms with E-state index in [0.29, 0.717) is 19.4 Å². The quantitative estimate of drug-likeness (QED) is 0.622. The van der Waals surface area contributed by atoms with Crippen molar-refractivity contribution < 1.29 is 23.4 Å². The van der Waals surface area contributed by atoms with Crippen LogP contribution < -0.4 is 4.72 Å². The summed E-state index contributed by atoms with van der Waals surface area (Å²) in [5.74, 6) is -1.63. The van der Waals surface area contributed by atoms with Crippen molar-refractivity contribution in [1.29, 1.82) is 0 Å². The Balaban J connectivity index is 2.64. The molecular formula is C10H20N2O5S. The van der Waals surface area contributed by atoms with Crippen LogP contribution in [-0.2, 0) is 15.0 Å². The molecule has 0 amide bonds. The zero-order valence-corrected chi connectivity index (χ0v) is 11.4. The molecule has 0 radical (unpaired) electrons. The summed E-state index contributed by atoms with van der Waals surface area (Å²) in [6.45, 7) is 3.17. The van der Waals surface area contributed by atoms with Crippen LogP contribution in [0.5, 0.6) is 0 Å². The first-order chi connectivity index (χ1) is 8.12. The van der Waals surface area contributed by atoms with Crippen molar-refractivity contribution in [3.8, 4) is 0 Å². The Bertz CT molecular complexity index is 401. The molecule has 106 valence electrons. The number of carboxylic acids is 1. The van der Waals surface area contributed by atoms with Crippen molar-refractivity contribution in [2.45, 2.75) is 32.3 Å². The summed E-state index contributed by atoms with van der Waals surface area (Å²) in [6.07, 6.45) is 1.02. The van der Waals surface area contributed by atoms with E-state index >= 15 is 0 Å². The van der Waals surface area contributed by atoms with E-state index in [4.69, 9.17) is 5.11 Å². The van der Waals surface area contributed by atoms with Crippen molar-refractivity contribution >= 4 is 16.2 Å². The van der Waals surface area contributed by atoms with Crippen molar-refractivity contribution in [2.75, 3.05) is 19.6 Å². The van der Waals surface area contributed by atoms with Crippen molar-refractivity contribution in [1.82, 2.24) is 9.03 Å². The number of hydrogen-bond acceptors (Lipinski definition) is 4. The van der Waals surface area contributed by atoms with Crippen LogP contribution >= 0.6 is 0 Å². The maximum atomic E-state index is 11.9. The van der Waals surface area contributed by atoms with Gasteiger partial charge in [-0.15, -0.1) is 0 Å². The molecule has 0 aromatic rings. The molecule has 3 N–H and O–H groups in total. The van der Waals surface area contributed by atoms with Gasteiger partial charge in [-0.05, 0) is 26.7 Å². The Morgan fingerprint density at radius 2 is 2.11 bits per heavy atom. The summed E-state index contributed by atoms with van der Waals surface area (Å²) in [7, 11) is -3.72. The van der Waals surface area contributed by atoms with Gasteiger partial charge in [0.05, 0.1) is 11.5 Å². The zero-order valence-electron chi connectivity index (χ0n) is 10.6. The standard InChI is InChI=1S/C10H20N2O5S/c1-10(2,15)7-11-18(16,17)12-5-3-4-8(6-12)9(13)14/h8,11,15H,3-7H2,1-2H3,(H,13,14). The fourth-order valence-corrected chi connectivity index (χ4v) is 3.19. The number of nitrogens with zero attached hydrogens (tertiary/aromatic N) is 1. The molecule has 0 bridgehead atoms. The Labute approximate surface area is 107 Å². The van der Waals surface area contributed by atoms with Gasteiger partial charge in [-0.1, -0.05) is 0 Å². The number of hydrogen-bond donors (Lipinski definition) is 3. The summed E-state index contributed by atoms with van der Waals surface area (Å²) in [4.78, 5) is 10.9. The molecule has 8 heteroatoms. The molecule has 1 unspecified atom stereocenters. The molecule has 1 heterocycles. The van der Waals surface area contributed by atoms with Gasteiger partial charge in [-0.3, -0.25) is 4.79 Å². The molecule has 1 atom stereocenters. The molecule has 0 aromatic carbocycles. The lowest BCUT2D eigenvalue weighted by Gasteiger charge is -2.30. The summed E-state index contributed by atoms with van der Waals surface area (Å²) in [5.41, 5.74) is -1.14. The van der Waals surface area contributed by atoms with Crippen LogP contribution in [0, 0.1) is 5.92 Å². The minimum absolute atomic E-state index is 0.0173. The monoisotopic (exact) mass is 280 g/mol. The van der Waals surface area contributed by atoms with Crippen LogP contribution in [0.3, 0.4) is 0 Å². The van der Waals surface area contributed by atoms with Gasteiger partial charge in [0.25, 0.3) is 10.2 Å². The first-order valence-corrected chi connectivity index (χ1v) is 7.26. The molecule has 1 rings (SSSR count). The van der Waals surface area contributed by atoms with Crippen LogP contribution in [0.15, 0.2) is 0 Å². The molecule has 18 heavy (non-hydrogen) atoms. The average Bonchev–Trinajstić information content (AvgIpc) is 2.26. The number of carbonyl (C=O) groups is 1. The number of carboxylic acid groups (broad SMARTS) is 1. The molecule has 1 aliphatic rings.